The van der Waals surface area contributed by atoms with E-state index in [4.69, 9.17) is 35.2 Å². The molecule has 1 unspecified atom stereocenters. The first kappa shape index (κ1) is 80.8. The first-order valence-corrected chi connectivity index (χ1v) is 36.0. The first-order valence-electron chi connectivity index (χ1n) is 34.4. The van der Waals surface area contributed by atoms with Crippen LogP contribution in [0.25, 0.3) is 51.1 Å². The standard InChI is InChI=1S/C25H22N4O8.C20H12F3N3O4.C20H17NO4S.C16H22N2OS/c1-9-14(10-6-8-13(35-2)23(36-3)20(10)30)15(26)19(29-17(9)25(33)34)12-7-5-11-18(28-12)22(32)16(27)24(37-4)21(11)31;21-20(22,23)15-14(10-24-26(15)11-6-2-1-3-7-11)18(29)25-19(30)16(27)12-8-4-5-9-13(12)17(19)28;1-12-5-4-6-15(9-12)20(23)25-16-8-7-14(10-17(16)24-3)11-18-19(22)21-13(2)26-18;1-9-17-14-13(15(19)18(9)5)11-7-6-10(16(2,3)4)8-12(11)20-14/h5-8,30H,26-27H2,1-4H3,(H,33,34);1-10,30H,(H,25,29);4-11H,2H2,1,3H3,(H,21,22);10H,6-8H2,1-5H3/b;;18-11+;. The van der Waals surface area contributed by atoms with Crippen molar-refractivity contribution in [2.45, 2.75) is 72.7 Å². The number of fused-ring (bicyclic) bond motifs is 5. The lowest BCUT2D eigenvalue weighted by atomic mass is 9.72. The molecule has 0 bridgehead atoms. The summed E-state index contributed by atoms with van der Waals surface area (Å²) in [4.78, 5) is 130. The van der Waals surface area contributed by atoms with Gasteiger partial charge in [-0.3, -0.25) is 38.1 Å². The molecule has 1 amide bonds. The third kappa shape index (κ3) is 15.8. The molecule has 582 valence electrons. The third-order valence-electron chi connectivity index (χ3n) is 19.0. The lowest BCUT2D eigenvalue weighted by Crippen LogP contribution is -2.57. The Morgan fingerprint density at radius 3 is 2.01 bits per heavy atom. The number of esters is 1. The maximum Gasteiger partial charge on any atom is 0.434 e. The summed E-state index contributed by atoms with van der Waals surface area (Å²) in [7, 11) is 7.26. The number of aromatic hydroxyl groups is 1. The molecule has 11 aromatic rings. The number of ether oxygens (including phenoxy) is 5. The van der Waals surface area contributed by atoms with Crippen LogP contribution < -0.4 is 56.0 Å². The van der Waals surface area contributed by atoms with Gasteiger partial charge in [-0.05, 0) is 135 Å². The van der Waals surface area contributed by atoms with Gasteiger partial charge in [0.1, 0.15) is 27.7 Å². The summed E-state index contributed by atoms with van der Waals surface area (Å²) < 4.78 is 70.7. The topological polar surface area (TPSA) is 402 Å². The molecule has 0 aliphatic heterocycles. The third-order valence-corrected chi connectivity index (χ3v) is 21.0. The minimum absolute atomic E-state index is 0.00906. The number of halogens is 3. The summed E-state index contributed by atoms with van der Waals surface area (Å²) in [5, 5.41) is 37.6. The molecule has 0 radical (unpaired) electrons. The molecule has 0 fully saturated rings. The Morgan fingerprint density at radius 2 is 1.41 bits per heavy atom. The molecule has 32 heteroatoms. The fraction of sp³-hybridized carbons (Fsp3) is 0.222. The second kappa shape index (κ2) is 32.0. The fourth-order valence-electron chi connectivity index (χ4n) is 13.0. The minimum atomic E-state index is -4.99. The van der Waals surface area contributed by atoms with Crippen molar-refractivity contribution in [3.05, 3.63) is 247 Å². The van der Waals surface area contributed by atoms with Gasteiger partial charge in [0.2, 0.25) is 28.9 Å². The van der Waals surface area contributed by atoms with Crippen LogP contribution in [0.1, 0.15) is 139 Å². The van der Waals surface area contributed by atoms with Crippen LogP contribution in [-0.4, -0.2) is 125 Å². The number of nitrogens with two attached hydrogens (primary N) is 2. The van der Waals surface area contributed by atoms with Crippen molar-refractivity contribution in [3.63, 3.8) is 0 Å². The van der Waals surface area contributed by atoms with Crippen LogP contribution in [-0.2, 0) is 30.8 Å². The van der Waals surface area contributed by atoms with E-state index in [9.17, 15) is 71.6 Å². The van der Waals surface area contributed by atoms with Gasteiger partial charge in [-0.15, -0.1) is 22.7 Å². The number of hydrogen-bond donors (Lipinski definition) is 7. The molecule has 14 rings (SSSR count). The number of Topliss-reactive ketones (excluding diaryl/α,β-unsaturated/α-hetero) is 4. The number of aliphatic hydroxyl groups is 1. The zero-order valence-corrected chi connectivity index (χ0v) is 64.1. The smallest absolute Gasteiger partial charge is 0.434 e. The molecule has 6 heterocycles. The van der Waals surface area contributed by atoms with Gasteiger partial charge in [-0.2, -0.15) is 18.3 Å². The van der Waals surface area contributed by atoms with E-state index in [-0.39, 0.29) is 102 Å². The number of carboxylic acid groups (broad SMARTS) is 1. The number of thiazole rings is 1. The first-order chi connectivity index (χ1) is 53.5. The van der Waals surface area contributed by atoms with Gasteiger partial charge in [-0.1, -0.05) is 93.6 Å². The highest BCUT2D eigenvalue weighted by Gasteiger charge is 2.54. The number of pyridine rings is 2. The zero-order valence-electron chi connectivity index (χ0n) is 62.5. The van der Waals surface area contributed by atoms with Crippen molar-refractivity contribution in [1.29, 1.82) is 0 Å². The van der Waals surface area contributed by atoms with Crippen LogP contribution in [0.5, 0.6) is 28.7 Å². The average molecular weight is 1580 g/mol. The van der Waals surface area contributed by atoms with Gasteiger partial charge < -0.3 is 60.8 Å². The van der Waals surface area contributed by atoms with Gasteiger partial charge in [0, 0.05) is 34.2 Å². The number of aromatic amines is 1. The number of allylic oxidation sites excluding steroid dienone is 2. The molecular weight excluding hydrogens is 1510 g/mol. The number of carbonyl (C=O) groups excluding carboxylic acids is 6. The summed E-state index contributed by atoms with van der Waals surface area (Å²) in [5.74, 6) is -5.05. The number of carbonyl (C=O) groups is 7. The van der Waals surface area contributed by atoms with Crippen molar-refractivity contribution in [1.82, 2.24) is 39.6 Å². The van der Waals surface area contributed by atoms with Crippen LogP contribution in [0.3, 0.4) is 0 Å². The number of thiophene rings is 1. The number of ketones is 4. The normalized spacial score (nSPS) is 14.3. The monoisotopic (exact) mass is 1580 g/mol. The van der Waals surface area contributed by atoms with Crippen molar-refractivity contribution in [2.75, 3.05) is 34.2 Å². The van der Waals surface area contributed by atoms with Gasteiger partial charge in [0.05, 0.1) is 83.0 Å². The molecular formula is C81H73F3N10O17S2. The number of anilines is 1. The maximum atomic E-state index is 13.7. The number of benzene rings is 5. The van der Waals surface area contributed by atoms with Gasteiger partial charge in [0.25, 0.3) is 22.8 Å². The van der Waals surface area contributed by atoms with E-state index in [1.807, 2.05) is 27.0 Å². The molecule has 0 saturated carbocycles. The van der Waals surface area contributed by atoms with Crippen LogP contribution in [0, 0.1) is 32.1 Å². The average Bonchev–Trinajstić information content (AvgIpc) is 1.25. The Kier molecular flexibility index (Phi) is 22.9. The Balaban J connectivity index is 0.000000152. The van der Waals surface area contributed by atoms with E-state index in [0.29, 0.717) is 48.5 Å². The number of H-pyrrole nitrogens is 1. The predicted molar refractivity (Wildman–Crippen MR) is 414 cm³/mol. The molecule has 27 nitrogen and oxygen atoms in total. The van der Waals surface area contributed by atoms with Crippen molar-refractivity contribution >= 4 is 92.2 Å². The number of methoxy groups -OCH3 is 4. The number of aryl methyl sites for hydroxylation is 3. The Bertz CT molecular complexity index is 6000. The number of amides is 1. The van der Waals surface area contributed by atoms with Crippen LogP contribution in [0.4, 0.5) is 18.9 Å². The second-order valence-electron chi connectivity index (χ2n) is 27.1. The van der Waals surface area contributed by atoms with E-state index >= 15 is 0 Å². The fourth-order valence-corrected chi connectivity index (χ4v) is 15.1. The molecule has 0 spiro atoms. The second-order valence-corrected chi connectivity index (χ2v) is 29.3. The number of aromatic nitrogens is 7. The number of phenols is 1. The van der Waals surface area contributed by atoms with E-state index in [0.717, 1.165) is 40.0 Å². The Hall–Kier alpha value is -13.2. The number of aromatic carboxylic acids is 1. The van der Waals surface area contributed by atoms with Crippen molar-refractivity contribution < 1.29 is 85.7 Å². The maximum absolute atomic E-state index is 13.7. The predicted octanol–water partition coefficient (Wildman–Crippen LogP) is 10.4. The molecule has 113 heavy (non-hydrogen) atoms. The largest absolute Gasteiger partial charge is 0.504 e. The number of phenolic OH excluding ortho intramolecular Hbond substituents is 1. The number of carboxylic acids is 1. The minimum Gasteiger partial charge on any atom is -0.504 e. The quantitative estimate of drug-likeness (QED) is 0.0244. The lowest BCUT2D eigenvalue weighted by Gasteiger charge is -2.33. The van der Waals surface area contributed by atoms with E-state index in [2.05, 4.69) is 52.4 Å². The molecule has 0 saturated heterocycles. The van der Waals surface area contributed by atoms with Crippen LogP contribution in [0.2, 0.25) is 0 Å². The van der Waals surface area contributed by atoms with Crippen LogP contribution in [0.15, 0.2) is 149 Å². The number of nitrogen functional groups attached to an aromatic ring is 1. The molecule has 3 aliphatic carbocycles. The SMILES string of the molecule is C=c1[nH]c(=O)/c(=C\c2ccc(OC(=O)c3cccc(C)c3)c(OC)c2)s1.COC1=C(N)C(=O)c2nc(-c3nc(C(=O)O)c(C)c(-c4ccc(OC)c(OC)c4O)c3N)ccc2C1=O.Cc1nc2sc3c(c2c(=O)n1C)CCC(C(C)(C)C)C3.O=C(NC1(O)C(=O)c2ccccc2C1=O)c1cnn(-c2ccccc2)c1C(F)(F)F. The number of nitrogens with zero attached hydrogens (tertiary/aromatic N) is 6. The van der Waals surface area contributed by atoms with Crippen molar-refractivity contribution in [3.8, 4) is 56.9 Å². The van der Waals surface area contributed by atoms with E-state index in [1.54, 1.807) is 69.8 Å². The van der Waals surface area contributed by atoms with E-state index < -0.39 is 69.8 Å². The Labute approximate surface area is 648 Å². The van der Waals surface area contributed by atoms with Crippen molar-refractivity contribution in [2.24, 2.45) is 24.1 Å². The van der Waals surface area contributed by atoms with Gasteiger partial charge in [-0.25, -0.2) is 29.2 Å². The zero-order chi connectivity index (χ0) is 82.2. The molecule has 9 N–H and O–H groups in total. The number of para-hydroxylation sites is 1. The number of nitrogens with one attached hydrogen (secondary N) is 2. The number of alkyl halides is 3. The highest BCUT2D eigenvalue weighted by Crippen LogP contribution is 2.49. The number of rotatable bonds is 13. The number of hydrogen-bond acceptors (Lipinski definition) is 24. The lowest BCUT2D eigenvalue weighted by molar-refractivity contribution is -0.143. The molecule has 1 atom stereocenters. The molecule has 3 aliphatic rings. The summed E-state index contributed by atoms with van der Waals surface area (Å²) in [6.07, 6.45) is 0.700. The molecule has 6 aromatic heterocycles. The summed E-state index contributed by atoms with van der Waals surface area (Å²) >= 11 is 3.01. The summed E-state index contributed by atoms with van der Waals surface area (Å²) in [5.41, 5.74) is 9.71. The van der Waals surface area contributed by atoms with Crippen LogP contribution >= 0.6 is 22.7 Å². The van der Waals surface area contributed by atoms with E-state index in [1.165, 1.54) is 136 Å². The molecule has 5 aromatic carbocycles. The van der Waals surface area contributed by atoms with Gasteiger partial charge in [0.15, 0.2) is 40.1 Å². The van der Waals surface area contributed by atoms with Gasteiger partial charge >= 0.3 is 18.1 Å². The highest BCUT2D eigenvalue weighted by atomic mass is 32.1. The Morgan fingerprint density at radius 1 is 0.752 bits per heavy atom. The summed E-state index contributed by atoms with van der Waals surface area (Å²) in [6.45, 7) is 16.0. The summed E-state index contributed by atoms with van der Waals surface area (Å²) in [6, 6.07) is 30.7. The highest BCUT2D eigenvalue weighted by molar-refractivity contribution is 7.18.